The smallest absolute Gasteiger partial charge is 0.174 e. The van der Waals surface area contributed by atoms with Crippen LogP contribution in [0.4, 0.5) is 0 Å². The van der Waals surface area contributed by atoms with E-state index in [4.69, 9.17) is 18.9 Å². The molecule has 0 aliphatic carbocycles. The minimum absolute atomic E-state index is 0.0237. The Kier molecular flexibility index (Phi) is 17.9. The summed E-state index contributed by atoms with van der Waals surface area (Å²) in [4.78, 5) is 18.8. The second-order valence-corrected chi connectivity index (χ2v) is 13.3. The third-order valence-electron chi connectivity index (χ3n) is 8.83. The molecule has 0 saturated heterocycles. The molecule has 2 aromatic carbocycles. The molecule has 7 nitrogen and oxygen atoms in total. The molecule has 0 N–H and O–H groups in total. The molecule has 0 bridgehead atoms. The predicted molar refractivity (Wildman–Crippen MR) is 198 cm³/mol. The van der Waals surface area contributed by atoms with Crippen molar-refractivity contribution in [3.05, 3.63) is 58.7 Å². The highest BCUT2D eigenvalue weighted by molar-refractivity contribution is 6.03. The van der Waals surface area contributed by atoms with Crippen LogP contribution in [0, 0.1) is 0 Å². The van der Waals surface area contributed by atoms with E-state index in [1.165, 1.54) is 44.3 Å². The molecule has 0 spiro atoms. The van der Waals surface area contributed by atoms with Gasteiger partial charge in [0.05, 0.1) is 26.7 Å². The molecule has 1 aliphatic heterocycles. The van der Waals surface area contributed by atoms with Gasteiger partial charge in [0.1, 0.15) is 34.7 Å². The van der Waals surface area contributed by atoms with Crippen LogP contribution in [0.3, 0.4) is 0 Å². The Labute approximate surface area is 292 Å². The molecule has 0 fully saturated rings. The van der Waals surface area contributed by atoms with Crippen LogP contribution in [-0.2, 0) is 6.42 Å². The lowest BCUT2D eigenvalue weighted by Gasteiger charge is -2.29. The van der Waals surface area contributed by atoms with Crippen LogP contribution >= 0.6 is 0 Å². The predicted octanol–water partition coefficient (Wildman–Crippen LogP) is 9.47. The number of Topliss-reactive ketones (excluding diaryl/α,β-unsaturated/α-hetero) is 1. The summed E-state index contributed by atoms with van der Waals surface area (Å²) < 4.78 is 24.9. The monoisotopic (exact) mass is 664 g/mol. The van der Waals surface area contributed by atoms with Gasteiger partial charge in [0, 0.05) is 11.6 Å². The van der Waals surface area contributed by atoms with E-state index in [0.29, 0.717) is 36.7 Å². The maximum absolute atomic E-state index is 13.7. The molecule has 1 aliphatic rings. The first-order valence-electron chi connectivity index (χ1n) is 18.7. The molecule has 48 heavy (non-hydrogen) atoms. The average molecular weight is 665 g/mol. The second-order valence-electron chi connectivity index (χ2n) is 13.3. The molecule has 3 rings (SSSR count). The Balaban J connectivity index is 1.70. The Hall–Kier alpha value is -3.03. The van der Waals surface area contributed by atoms with E-state index in [1.54, 1.807) is 7.11 Å². The number of carbonyl (C=O) groups is 1. The highest BCUT2D eigenvalue weighted by Gasteiger charge is 2.34. The zero-order valence-electron chi connectivity index (χ0n) is 31.2. The van der Waals surface area contributed by atoms with E-state index in [9.17, 15) is 4.79 Å². The normalized spacial score (nSPS) is 14.2. The summed E-state index contributed by atoms with van der Waals surface area (Å²) in [5.41, 5.74) is 3.58. The molecule has 2 aromatic rings. The molecule has 7 heteroatoms. The first-order valence-corrected chi connectivity index (χ1v) is 18.7. The number of carbonyl (C=O) groups excluding carboxylic acids is 1. The minimum Gasteiger partial charge on any atom is -0.496 e. The SMILES string of the molecule is CCCN(CCC)CCCCOc1ccc(C2CC(=O)c3c(OC)cc(OCCCCN(CCC)CCC)c(CC=C(C)C)c3O2)cc1. The van der Waals surface area contributed by atoms with Crippen LogP contribution in [0.5, 0.6) is 23.0 Å². The van der Waals surface area contributed by atoms with E-state index >= 15 is 0 Å². The topological polar surface area (TPSA) is 60.5 Å². The van der Waals surface area contributed by atoms with Crippen molar-refractivity contribution in [2.75, 3.05) is 59.6 Å². The summed E-state index contributed by atoms with van der Waals surface area (Å²) in [7, 11) is 1.61. The van der Waals surface area contributed by atoms with E-state index < -0.39 is 6.10 Å². The van der Waals surface area contributed by atoms with Crippen molar-refractivity contribution >= 4 is 5.78 Å². The Morgan fingerprint density at radius 3 is 1.88 bits per heavy atom. The first-order chi connectivity index (χ1) is 23.3. The third-order valence-corrected chi connectivity index (χ3v) is 8.83. The van der Waals surface area contributed by atoms with Crippen molar-refractivity contribution in [3.63, 3.8) is 0 Å². The van der Waals surface area contributed by atoms with Gasteiger partial charge >= 0.3 is 0 Å². The maximum Gasteiger partial charge on any atom is 0.174 e. The number of unbranched alkanes of at least 4 members (excludes halogenated alkanes) is 2. The van der Waals surface area contributed by atoms with Gasteiger partial charge in [0.25, 0.3) is 0 Å². The molecule has 0 amide bonds. The van der Waals surface area contributed by atoms with Crippen molar-refractivity contribution < 1.29 is 23.7 Å². The summed E-state index contributed by atoms with van der Waals surface area (Å²) >= 11 is 0. The standard InChI is InChI=1S/C41H64N2O5/c1-8-22-42(23-9-2)26-12-14-28-46-34-19-17-33(18-20-34)37-30-36(44)40-39(45-7)31-38(35(41(40)48-37)21-16-32(5)6)47-29-15-13-27-43(24-10-3)25-11-4/h16-20,31,37H,8-15,21-30H2,1-7H3. The minimum atomic E-state index is -0.393. The van der Waals surface area contributed by atoms with E-state index in [1.807, 2.05) is 30.3 Å². The molecule has 1 atom stereocenters. The summed E-state index contributed by atoms with van der Waals surface area (Å²) in [6.45, 7) is 21.3. The lowest BCUT2D eigenvalue weighted by atomic mass is 9.92. The number of nitrogens with zero attached hydrogens (tertiary/aromatic N) is 2. The van der Waals surface area contributed by atoms with Gasteiger partial charge in [-0.1, -0.05) is 51.5 Å². The van der Waals surface area contributed by atoms with Gasteiger partial charge in [-0.3, -0.25) is 4.79 Å². The Morgan fingerprint density at radius 2 is 1.35 bits per heavy atom. The van der Waals surface area contributed by atoms with Crippen molar-refractivity contribution in [3.8, 4) is 23.0 Å². The van der Waals surface area contributed by atoms with Gasteiger partial charge in [0.15, 0.2) is 5.78 Å². The van der Waals surface area contributed by atoms with Crippen LogP contribution in [-0.4, -0.2) is 75.2 Å². The highest BCUT2D eigenvalue weighted by atomic mass is 16.5. The van der Waals surface area contributed by atoms with E-state index in [0.717, 1.165) is 74.5 Å². The van der Waals surface area contributed by atoms with Crippen molar-refractivity contribution in [1.82, 2.24) is 9.80 Å². The van der Waals surface area contributed by atoms with Crippen molar-refractivity contribution in [2.24, 2.45) is 0 Å². The fourth-order valence-corrected chi connectivity index (χ4v) is 6.44. The molecule has 0 aromatic heterocycles. The molecule has 268 valence electrons. The quantitative estimate of drug-likeness (QED) is 0.0818. The lowest BCUT2D eigenvalue weighted by Crippen LogP contribution is -2.26. The van der Waals surface area contributed by atoms with Gasteiger partial charge in [-0.25, -0.2) is 0 Å². The largest absolute Gasteiger partial charge is 0.496 e. The van der Waals surface area contributed by atoms with Crippen LogP contribution in [0.2, 0.25) is 0 Å². The number of hydrogen-bond donors (Lipinski definition) is 0. The number of ether oxygens (including phenoxy) is 4. The van der Waals surface area contributed by atoms with Gasteiger partial charge in [-0.2, -0.15) is 0 Å². The van der Waals surface area contributed by atoms with Gasteiger partial charge in [-0.05, 0) is 129 Å². The van der Waals surface area contributed by atoms with E-state index in [2.05, 4.69) is 57.4 Å². The van der Waals surface area contributed by atoms with E-state index in [-0.39, 0.29) is 12.2 Å². The van der Waals surface area contributed by atoms with Crippen molar-refractivity contribution in [2.45, 2.75) is 112 Å². The number of allylic oxidation sites excluding steroid dienone is 2. The number of hydrogen-bond acceptors (Lipinski definition) is 7. The summed E-state index contributed by atoms with van der Waals surface area (Å²) in [6, 6.07) is 9.91. The Bertz CT molecular complexity index is 1240. The second kappa shape index (κ2) is 21.8. The number of rotatable bonds is 24. The maximum atomic E-state index is 13.7. The molecule has 0 saturated carbocycles. The average Bonchev–Trinajstić information content (AvgIpc) is 3.07. The zero-order valence-corrected chi connectivity index (χ0v) is 31.2. The van der Waals surface area contributed by atoms with Gasteiger partial charge < -0.3 is 28.7 Å². The fourth-order valence-electron chi connectivity index (χ4n) is 6.44. The van der Waals surface area contributed by atoms with Crippen LogP contribution < -0.4 is 18.9 Å². The molecule has 1 heterocycles. The zero-order chi connectivity index (χ0) is 34.7. The molecule has 1 unspecified atom stereocenters. The molecule has 0 radical (unpaired) electrons. The number of benzene rings is 2. The van der Waals surface area contributed by atoms with Crippen LogP contribution in [0.25, 0.3) is 0 Å². The van der Waals surface area contributed by atoms with Crippen LogP contribution in [0.1, 0.15) is 127 Å². The summed E-state index contributed by atoms with van der Waals surface area (Å²) in [5, 5.41) is 0. The first kappa shape index (κ1) is 39.4. The van der Waals surface area contributed by atoms with Crippen LogP contribution in [0.15, 0.2) is 42.0 Å². The fraction of sp³-hybridized carbons (Fsp3) is 0.634. The van der Waals surface area contributed by atoms with Gasteiger partial charge in [0.2, 0.25) is 0 Å². The van der Waals surface area contributed by atoms with Gasteiger partial charge in [-0.15, -0.1) is 0 Å². The van der Waals surface area contributed by atoms with Crippen molar-refractivity contribution in [1.29, 1.82) is 0 Å². The summed E-state index contributed by atoms with van der Waals surface area (Å²) in [6.07, 6.45) is 11.6. The highest BCUT2D eigenvalue weighted by Crippen LogP contribution is 2.46. The lowest BCUT2D eigenvalue weighted by molar-refractivity contribution is 0.0841. The summed E-state index contributed by atoms with van der Waals surface area (Å²) in [5.74, 6) is 2.69. The molecular formula is C41H64N2O5. The molecular weight excluding hydrogens is 600 g/mol. The number of ketones is 1. The number of methoxy groups -OCH3 is 1. The third kappa shape index (κ3) is 12.5. The number of fused-ring (bicyclic) bond motifs is 1. The Morgan fingerprint density at radius 1 is 0.792 bits per heavy atom.